The maximum Gasteiger partial charge on any atom is 0.183 e. The quantitative estimate of drug-likeness (QED) is 0.773. The summed E-state index contributed by atoms with van der Waals surface area (Å²) in [4.78, 5) is 10.2. The Morgan fingerprint density at radius 2 is 2.10 bits per heavy atom. The smallest absolute Gasteiger partial charge is 0.183 e. The van der Waals surface area contributed by atoms with Crippen LogP contribution in [0.5, 0.6) is 0 Å². The molecule has 0 saturated carbocycles. The van der Waals surface area contributed by atoms with Crippen molar-refractivity contribution in [3.63, 3.8) is 0 Å². The number of nitrogens with two attached hydrogens (primary N) is 1. The van der Waals surface area contributed by atoms with Gasteiger partial charge in [-0.3, -0.25) is 4.98 Å². The van der Waals surface area contributed by atoms with Crippen molar-refractivity contribution in [1.82, 2.24) is 9.97 Å². The van der Waals surface area contributed by atoms with E-state index in [9.17, 15) is 0 Å². The highest BCUT2D eigenvalue weighted by molar-refractivity contribution is 7.16. The number of aromatic nitrogens is 2. The number of para-hydroxylation sites is 1. The van der Waals surface area contributed by atoms with Crippen LogP contribution < -0.4 is 11.1 Å². The minimum absolute atomic E-state index is 0.0453. The number of rotatable bonds is 3. The first-order chi connectivity index (χ1) is 9.69. The van der Waals surface area contributed by atoms with Crippen LogP contribution in [0.3, 0.4) is 0 Å². The van der Waals surface area contributed by atoms with Crippen molar-refractivity contribution in [2.24, 2.45) is 5.73 Å². The van der Waals surface area contributed by atoms with E-state index in [1.807, 2.05) is 38.4 Å². The maximum absolute atomic E-state index is 6.05. The van der Waals surface area contributed by atoms with Crippen LogP contribution in [0.4, 0.5) is 5.13 Å². The normalized spacial score (nSPS) is 12.6. The van der Waals surface area contributed by atoms with Crippen LogP contribution in [0, 0.1) is 0 Å². The largest absolute Gasteiger partial charge is 0.365 e. The molecule has 0 aliphatic carbocycles. The average molecular weight is 284 g/mol. The van der Waals surface area contributed by atoms with E-state index in [0.29, 0.717) is 0 Å². The van der Waals surface area contributed by atoms with E-state index in [0.717, 1.165) is 32.2 Å². The lowest BCUT2D eigenvalue weighted by atomic mass is 10.1. The molecule has 3 N–H and O–H groups in total. The summed E-state index contributed by atoms with van der Waals surface area (Å²) in [5.41, 5.74) is 8.98. The molecule has 2 heterocycles. The Kier molecular flexibility index (Phi) is 3.38. The second-order valence-corrected chi connectivity index (χ2v) is 5.72. The predicted octanol–water partition coefficient (Wildman–Crippen LogP) is 3.42. The molecule has 1 aromatic carbocycles. The molecule has 0 spiro atoms. The second-order valence-electron chi connectivity index (χ2n) is 4.69. The van der Waals surface area contributed by atoms with Crippen molar-refractivity contribution in [2.45, 2.75) is 13.0 Å². The zero-order valence-electron chi connectivity index (χ0n) is 11.4. The maximum atomic E-state index is 6.05. The van der Waals surface area contributed by atoms with E-state index in [1.54, 1.807) is 11.3 Å². The van der Waals surface area contributed by atoms with Gasteiger partial charge in [-0.1, -0.05) is 29.5 Å². The van der Waals surface area contributed by atoms with Gasteiger partial charge in [-0.25, -0.2) is 4.98 Å². The van der Waals surface area contributed by atoms with Crippen LogP contribution in [0.1, 0.15) is 17.8 Å². The van der Waals surface area contributed by atoms with Gasteiger partial charge in [0.05, 0.1) is 16.1 Å². The number of nitrogens with one attached hydrogen (secondary N) is 1. The molecule has 0 amide bonds. The summed E-state index contributed by atoms with van der Waals surface area (Å²) in [6.07, 6.45) is 1.86. The molecular formula is C15H16N4S. The topological polar surface area (TPSA) is 63.8 Å². The first kappa shape index (κ1) is 13.0. The molecular weight excluding hydrogens is 268 g/mol. The van der Waals surface area contributed by atoms with Gasteiger partial charge in [0.1, 0.15) is 0 Å². The van der Waals surface area contributed by atoms with Crippen molar-refractivity contribution in [2.75, 3.05) is 12.4 Å². The Bertz CT molecular complexity index is 748. The van der Waals surface area contributed by atoms with Crippen LogP contribution in [0.15, 0.2) is 36.5 Å². The SMILES string of the molecule is CNc1nc(-c2cnc3ccccc3c2)c(C(C)N)s1. The monoisotopic (exact) mass is 284 g/mol. The fourth-order valence-corrected chi connectivity index (χ4v) is 3.05. The summed E-state index contributed by atoms with van der Waals surface area (Å²) in [7, 11) is 1.87. The third-order valence-electron chi connectivity index (χ3n) is 3.14. The molecule has 0 aliphatic rings. The van der Waals surface area contributed by atoms with Crippen molar-refractivity contribution >= 4 is 27.4 Å². The number of benzene rings is 1. The Balaban J connectivity index is 2.16. The molecule has 0 aliphatic heterocycles. The molecule has 0 saturated heterocycles. The van der Waals surface area contributed by atoms with Crippen LogP contribution in [-0.4, -0.2) is 17.0 Å². The fourth-order valence-electron chi connectivity index (χ4n) is 2.15. The third kappa shape index (κ3) is 2.26. The summed E-state index contributed by atoms with van der Waals surface area (Å²) in [5.74, 6) is 0. The van der Waals surface area contributed by atoms with Crippen molar-refractivity contribution in [1.29, 1.82) is 0 Å². The van der Waals surface area contributed by atoms with E-state index in [4.69, 9.17) is 5.73 Å². The summed E-state index contributed by atoms with van der Waals surface area (Å²) >= 11 is 1.59. The second kappa shape index (κ2) is 5.19. The zero-order chi connectivity index (χ0) is 14.1. The molecule has 1 atom stereocenters. The van der Waals surface area contributed by atoms with Crippen molar-refractivity contribution < 1.29 is 0 Å². The third-order valence-corrected chi connectivity index (χ3v) is 4.42. The molecule has 2 aromatic heterocycles. The molecule has 0 radical (unpaired) electrons. The Hall–Kier alpha value is -1.98. The molecule has 5 heteroatoms. The van der Waals surface area contributed by atoms with E-state index in [1.165, 1.54) is 0 Å². The van der Waals surface area contributed by atoms with Crippen LogP contribution in [0.25, 0.3) is 22.2 Å². The van der Waals surface area contributed by atoms with Crippen LogP contribution in [-0.2, 0) is 0 Å². The van der Waals surface area contributed by atoms with E-state index < -0.39 is 0 Å². The number of thiazole rings is 1. The van der Waals surface area contributed by atoms with E-state index in [-0.39, 0.29) is 6.04 Å². The summed E-state index contributed by atoms with van der Waals surface area (Å²) < 4.78 is 0. The van der Waals surface area contributed by atoms with Gasteiger partial charge in [-0.15, -0.1) is 0 Å². The van der Waals surface area contributed by atoms with Gasteiger partial charge in [-0.05, 0) is 19.1 Å². The van der Waals surface area contributed by atoms with Gasteiger partial charge < -0.3 is 11.1 Å². The van der Waals surface area contributed by atoms with Gasteiger partial charge in [-0.2, -0.15) is 0 Å². The fraction of sp³-hybridized carbons (Fsp3) is 0.200. The van der Waals surface area contributed by atoms with E-state index in [2.05, 4.69) is 27.4 Å². The minimum Gasteiger partial charge on any atom is -0.365 e. The van der Waals surface area contributed by atoms with Gasteiger partial charge in [0.25, 0.3) is 0 Å². The van der Waals surface area contributed by atoms with Crippen LogP contribution in [0.2, 0.25) is 0 Å². The van der Waals surface area contributed by atoms with Gasteiger partial charge >= 0.3 is 0 Å². The van der Waals surface area contributed by atoms with Crippen molar-refractivity contribution in [3.8, 4) is 11.3 Å². The average Bonchev–Trinajstić information content (AvgIpc) is 2.91. The van der Waals surface area contributed by atoms with Crippen molar-refractivity contribution in [3.05, 3.63) is 41.4 Å². The lowest BCUT2D eigenvalue weighted by molar-refractivity contribution is 0.837. The number of anilines is 1. The zero-order valence-corrected chi connectivity index (χ0v) is 12.2. The molecule has 0 bridgehead atoms. The Morgan fingerprint density at radius 3 is 2.85 bits per heavy atom. The number of hydrogen-bond acceptors (Lipinski definition) is 5. The highest BCUT2D eigenvalue weighted by Gasteiger charge is 2.16. The highest BCUT2D eigenvalue weighted by Crippen LogP contribution is 2.34. The molecule has 3 aromatic rings. The Labute approximate surface area is 121 Å². The molecule has 3 rings (SSSR count). The Morgan fingerprint density at radius 1 is 1.30 bits per heavy atom. The molecule has 102 valence electrons. The van der Waals surface area contributed by atoms with Crippen LogP contribution >= 0.6 is 11.3 Å². The standard InChI is InChI=1S/C15H16N4S/c1-9(16)14-13(19-15(17-2)20-14)11-7-10-5-3-4-6-12(10)18-8-11/h3-9H,16H2,1-2H3,(H,17,19). The lowest BCUT2D eigenvalue weighted by Crippen LogP contribution is -2.04. The summed E-state index contributed by atoms with van der Waals surface area (Å²) in [5, 5.41) is 5.07. The highest BCUT2D eigenvalue weighted by atomic mass is 32.1. The first-order valence-corrected chi connectivity index (χ1v) is 7.30. The molecule has 0 fully saturated rings. The number of hydrogen-bond donors (Lipinski definition) is 2. The lowest BCUT2D eigenvalue weighted by Gasteiger charge is -2.06. The first-order valence-electron chi connectivity index (χ1n) is 6.48. The predicted molar refractivity (Wildman–Crippen MR) is 85.0 cm³/mol. The minimum atomic E-state index is -0.0453. The molecule has 20 heavy (non-hydrogen) atoms. The number of fused-ring (bicyclic) bond motifs is 1. The van der Waals surface area contributed by atoms with Gasteiger partial charge in [0.15, 0.2) is 5.13 Å². The van der Waals surface area contributed by atoms with E-state index >= 15 is 0 Å². The molecule has 4 nitrogen and oxygen atoms in total. The number of nitrogens with zero attached hydrogens (tertiary/aromatic N) is 2. The van der Waals surface area contributed by atoms with Gasteiger partial charge in [0.2, 0.25) is 0 Å². The van der Waals surface area contributed by atoms with Gasteiger partial charge in [0, 0.05) is 30.2 Å². The summed E-state index contributed by atoms with van der Waals surface area (Å²) in [6, 6.07) is 10.1. The summed E-state index contributed by atoms with van der Waals surface area (Å²) in [6.45, 7) is 1.98. The molecule has 1 unspecified atom stereocenters. The number of pyridine rings is 1.